The van der Waals surface area contributed by atoms with E-state index in [1.165, 1.54) is 29.2 Å². The van der Waals surface area contributed by atoms with Gasteiger partial charge in [-0.1, -0.05) is 18.2 Å². The number of nitro benzene ring substituents is 1. The number of ether oxygens (including phenoxy) is 2. The third-order valence-electron chi connectivity index (χ3n) is 4.73. The number of amides is 1. The molecule has 0 saturated carbocycles. The molecule has 154 valence electrons. The molecule has 1 heterocycles. The number of carbonyl (C=O) groups excluding carboxylic acids is 2. The van der Waals surface area contributed by atoms with Crippen molar-refractivity contribution >= 4 is 17.7 Å². The maximum atomic E-state index is 12.5. The van der Waals surface area contributed by atoms with Crippen molar-refractivity contribution < 1.29 is 24.0 Å². The molecule has 1 fully saturated rings. The molecule has 1 saturated heterocycles. The summed E-state index contributed by atoms with van der Waals surface area (Å²) in [6.07, 6.45) is -0.736. The molecule has 2 atom stereocenters. The molecule has 3 rings (SSSR count). The van der Waals surface area contributed by atoms with E-state index in [9.17, 15) is 19.7 Å². The number of carbonyl (C=O) groups is 2. The standard InChI is InChI=1S/C21H19N3O6/c22-11-10-18-12-19(30-20(25)16-4-2-1-3-5-16)13-23(18)21(26)29-14-15-6-8-17(9-7-15)24(27)28/h1-9,18-19H,10,12-14H2. The number of nitriles is 1. The van der Waals surface area contributed by atoms with Crippen molar-refractivity contribution in [3.63, 3.8) is 0 Å². The Labute approximate surface area is 172 Å². The van der Waals surface area contributed by atoms with E-state index in [2.05, 4.69) is 0 Å². The minimum Gasteiger partial charge on any atom is -0.457 e. The predicted molar refractivity (Wildman–Crippen MR) is 104 cm³/mol. The van der Waals surface area contributed by atoms with Crippen LogP contribution in [0.15, 0.2) is 54.6 Å². The number of likely N-dealkylation sites (tertiary alicyclic amines) is 1. The molecular formula is C21H19N3O6. The summed E-state index contributed by atoms with van der Waals surface area (Å²) < 4.78 is 10.8. The van der Waals surface area contributed by atoms with Crippen molar-refractivity contribution in [3.8, 4) is 6.07 Å². The summed E-state index contributed by atoms with van der Waals surface area (Å²) in [7, 11) is 0. The van der Waals surface area contributed by atoms with Gasteiger partial charge in [0.25, 0.3) is 5.69 Å². The van der Waals surface area contributed by atoms with Gasteiger partial charge in [0.05, 0.1) is 35.6 Å². The Morgan fingerprint density at radius 2 is 1.87 bits per heavy atom. The van der Waals surface area contributed by atoms with E-state index in [1.54, 1.807) is 30.3 Å². The van der Waals surface area contributed by atoms with E-state index in [0.29, 0.717) is 17.5 Å². The molecule has 1 aliphatic heterocycles. The molecule has 30 heavy (non-hydrogen) atoms. The molecule has 9 nitrogen and oxygen atoms in total. The largest absolute Gasteiger partial charge is 0.457 e. The molecule has 0 spiro atoms. The predicted octanol–water partition coefficient (Wildman–Crippen LogP) is 3.44. The number of hydrogen-bond acceptors (Lipinski definition) is 7. The number of benzene rings is 2. The average molecular weight is 409 g/mol. The van der Waals surface area contributed by atoms with Crippen molar-refractivity contribution in [3.05, 3.63) is 75.8 Å². The number of hydrogen-bond donors (Lipinski definition) is 0. The lowest BCUT2D eigenvalue weighted by atomic mass is 10.1. The van der Waals surface area contributed by atoms with Crippen LogP contribution in [0.2, 0.25) is 0 Å². The molecule has 0 aliphatic carbocycles. The molecule has 0 N–H and O–H groups in total. The first-order chi connectivity index (χ1) is 14.5. The highest BCUT2D eigenvalue weighted by Gasteiger charge is 2.38. The van der Waals surface area contributed by atoms with Crippen LogP contribution in [0, 0.1) is 21.4 Å². The highest BCUT2D eigenvalue weighted by atomic mass is 16.6. The number of nitro groups is 1. The summed E-state index contributed by atoms with van der Waals surface area (Å²) >= 11 is 0. The molecule has 2 aromatic carbocycles. The second kappa shape index (κ2) is 9.52. The van der Waals surface area contributed by atoms with Crippen LogP contribution in [0.25, 0.3) is 0 Å². The van der Waals surface area contributed by atoms with Gasteiger partial charge in [-0.2, -0.15) is 5.26 Å². The molecular weight excluding hydrogens is 390 g/mol. The molecule has 1 amide bonds. The second-order valence-corrected chi connectivity index (χ2v) is 6.78. The first-order valence-electron chi connectivity index (χ1n) is 9.27. The topological polar surface area (TPSA) is 123 Å². The van der Waals surface area contributed by atoms with Gasteiger partial charge in [0.2, 0.25) is 0 Å². The number of esters is 1. The molecule has 0 bridgehead atoms. The van der Waals surface area contributed by atoms with Crippen LogP contribution in [0.3, 0.4) is 0 Å². The molecule has 0 aromatic heterocycles. The normalized spacial score (nSPS) is 17.8. The second-order valence-electron chi connectivity index (χ2n) is 6.78. The van der Waals surface area contributed by atoms with Crippen LogP contribution < -0.4 is 0 Å². The SMILES string of the molecule is N#CCC1CC(OC(=O)c2ccccc2)CN1C(=O)OCc1ccc([N+](=O)[O-])cc1. The van der Waals surface area contributed by atoms with Gasteiger partial charge < -0.3 is 14.4 Å². The highest BCUT2D eigenvalue weighted by Crippen LogP contribution is 2.25. The lowest BCUT2D eigenvalue weighted by molar-refractivity contribution is -0.384. The minimum atomic E-state index is -0.633. The van der Waals surface area contributed by atoms with Crippen LogP contribution in [0.5, 0.6) is 0 Å². The summed E-state index contributed by atoms with van der Waals surface area (Å²) in [6.45, 7) is 0.0606. The maximum Gasteiger partial charge on any atom is 0.410 e. The van der Waals surface area contributed by atoms with Gasteiger partial charge in [-0.05, 0) is 29.8 Å². The van der Waals surface area contributed by atoms with Crippen LogP contribution in [0.1, 0.15) is 28.8 Å². The Kier molecular flexibility index (Phi) is 6.60. The maximum absolute atomic E-state index is 12.5. The van der Waals surface area contributed by atoms with Gasteiger partial charge in [0.1, 0.15) is 12.7 Å². The van der Waals surface area contributed by atoms with Crippen molar-refractivity contribution in [2.75, 3.05) is 6.54 Å². The van der Waals surface area contributed by atoms with Crippen molar-refractivity contribution in [2.45, 2.75) is 31.6 Å². The van der Waals surface area contributed by atoms with Crippen LogP contribution in [-0.4, -0.2) is 40.6 Å². The van der Waals surface area contributed by atoms with E-state index >= 15 is 0 Å². The number of rotatable bonds is 6. The average Bonchev–Trinajstić information content (AvgIpc) is 3.15. The summed E-state index contributed by atoms with van der Waals surface area (Å²) in [6, 6.07) is 15.8. The number of nitrogens with zero attached hydrogens (tertiary/aromatic N) is 3. The van der Waals surface area contributed by atoms with Crippen molar-refractivity contribution in [1.29, 1.82) is 5.26 Å². The van der Waals surface area contributed by atoms with Crippen LogP contribution in [0.4, 0.5) is 10.5 Å². The van der Waals surface area contributed by atoms with Gasteiger partial charge in [-0.25, -0.2) is 9.59 Å². The molecule has 2 aromatic rings. The van der Waals surface area contributed by atoms with E-state index < -0.39 is 29.1 Å². The van der Waals surface area contributed by atoms with Crippen molar-refractivity contribution in [2.24, 2.45) is 0 Å². The molecule has 0 radical (unpaired) electrons. The third-order valence-corrected chi connectivity index (χ3v) is 4.73. The molecule has 1 aliphatic rings. The zero-order valence-electron chi connectivity index (χ0n) is 16.0. The van der Waals surface area contributed by atoms with Gasteiger partial charge in [0, 0.05) is 18.6 Å². The Morgan fingerprint density at radius 1 is 1.17 bits per heavy atom. The summed E-state index contributed by atoms with van der Waals surface area (Å²) in [5.74, 6) is -0.489. The Bertz CT molecular complexity index is 955. The van der Waals surface area contributed by atoms with Gasteiger partial charge in [0.15, 0.2) is 0 Å². The van der Waals surface area contributed by atoms with E-state index in [4.69, 9.17) is 14.7 Å². The lowest BCUT2D eigenvalue weighted by Crippen LogP contribution is -2.36. The van der Waals surface area contributed by atoms with Gasteiger partial charge >= 0.3 is 12.1 Å². The first-order valence-corrected chi connectivity index (χ1v) is 9.27. The molecule has 2 unspecified atom stereocenters. The lowest BCUT2D eigenvalue weighted by Gasteiger charge is -2.21. The highest BCUT2D eigenvalue weighted by molar-refractivity contribution is 5.89. The van der Waals surface area contributed by atoms with E-state index in [0.717, 1.165) is 0 Å². The first kappa shape index (κ1) is 20.8. The Hall–Kier alpha value is -3.93. The zero-order chi connectivity index (χ0) is 21.5. The Morgan fingerprint density at radius 3 is 2.50 bits per heavy atom. The Balaban J connectivity index is 1.58. The van der Waals surface area contributed by atoms with Crippen molar-refractivity contribution in [1.82, 2.24) is 4.90 Å². The fourth-order valence-electron chi connectivity index (χ4n) is 3.22. The fourth-order valence-corrected chi connectivity index (χ4v) is 3.22. The monoisotopic (exact) mass is 409 g/mol. The number of non-ortho nitro benzene ring substituents is 1. The summed E-state index contributed by atoms with van der Waals surface area (Å²) in [5.41, 5.74) is 0.951. The van der Waals surface area contributed by atoms with E-state index in [1.807, 2.05) is 6.07 Å². The fraction of sp³-hybridized carbons (Fsp3) is 0.286. The van der Waals surface area contributed by atoms with Gasteiger partial charge in [-0.3, -0.25) is 10.1 Å². The van der Waals surface area contributed by atoms with Crippen LogP contribution in [-0.2, 0) is 16.1 Å². The van der Waals surface area contributed by atoms with Gasteiger partial charge in [-0.15, -0.1) is 0 Å². The minimum absolute atomic E-state index is 0.0539. The van der Waals surface area contributed by atoms with E-state index in [-0.39, 0.29) is 25.3 Å². The van der Waals surface area contributed by atoms with Crippen LogP contribution >= 0.6 is 0 Å². The third kappa shape index (κ3) is 5.11. The smallest absolute Gasteiger partial charge is 0.410 e. The zero-order valence-corrected chi connectivity index (χ0v) is 16.0. The summed E-state index contributed by atoms with van der Waals surface area (Å²) in [4.78, 5) is 36.4. The summed E-state index contributed by atoms with van der Waals surface area (Å²) in [5, 5.41) is 19.8. The molecule has 9 heteroatoms. The quantitative estimate of drug-likeness (QED) is 0.407.